The van der Waals surface area contributed by atoms with Gasteiger partial charge in [0.2, 0.25) is 6.29 Å². The predicted molar refractivity (Wildman–Crippen MR) is 76.3 cm³/mol. The van der Waals surface area contributed by atoms with E-state index in [1.165, 1.54) is 12.8 Å². The molecule has 3 N–H and O–H groups in total. The number of ketones is 1. The zero-order chi connectivity index (χ0) is 15.2. The summed E-state index contributed by atoms with van der Waals surface area (Å²) >= 11 is 0. The number of rotatable bonds is 14. The minimum absolute atomic E-state index is 0.251. The minimum Gasteiger partial charge on any atom is -0.481 e. The molecule has 0 aromatic heterocycles. The van der Waals surface area contributed by atoms with E-state index in [2.05, 4.69) is 0 Å². The van der Waals surface area contributed by atoms with Crippen molar-refractivity contribution < 1.29 is 24.9 Å². The van der Waals surface area contributed by atoms with Gasteiger partial charge in [0.05, 0.1) is 0 Å². The topological polar surface area (TPSA) is 94.8 Å². The smallest absolute Gasteiger partial charge is 0.303 e. The summed E-state index contributed by atoms with van der Waals surface area (Å²) in [6, 6.07) is 0. The van der Waals surface area contributed by atoms with Gasteiger partial charge >= 0.3 is 5.97 Å². The number of carboxylic acid groups (broad SMARTS) is 1. The first-order chi connectivity index (χ1) is 9.54. The van der Waals surface area contributed by atoms with Crippen LogP contribution >= 0.6 is 0 Å². The first-order valence-electron chi connectivity index (χ1n) is 7.64. The van der Waals surface area contributed by atoms with Crippen LogP contribution in [0.5, 0.6) is 0 Å². The van der Waals surface area contributed by atoms with Crippen molar-refractivity contribution in [2.45, 2.75) is 83.3 Å². The van der Waals surface area contributed by atoms with Crippen LogP contribution in [0.2, 0.25) is 0 Å². The summed E-state index contributed by atoms with van der Waals surface area (Å²) in [4.78, 5) is 21.2. The lowest BCUT2D eigenvalue weighted by molar-refractivity contribution is -0.145. The number of hydrogen-bond donors (Lipinski definition) is 3. The van der Waals surface area contributed by atoms with Gasteiger partial charge in [0.15, 0.2) is 5.78 Å². The molecule has 0 aromatic rings. The quantitative estimate of drug-likeness (QED) is 0.337. The zero-order valence-corrected chi connectivity index (χ0v) is 12.2. The molecule has 0 aliphatic heterocycles. The molecule has 0 heterocycles. The Kier molecular flexibility index (Phi) is 12.4. The highest BCUT2D eigenvalue weighted by Gasteiger charge is 2.09. The van der Waals surface area contributed by atoms with Crippen LogP contribution in [0.3, 0.4) is 0 Å². The molecule has 0 saturated heterocycles. The number of carbonyl (C=O) groups excluding carboxylic acids is 1. The molecule has 0 aliphatic carbocycles. The second-order valence-corrected chi connectivity index (χ2v) is 5.27. The highest BCUT2D eigenvalue weighted by atomic mass is 16.5. The SMILES string of the molecule is O=C(O)CCCCCCCCCCCCC(=O)C(O)O. The fourth-order valence-corrected chi connectivity index (χ4v) is 2.12. The van der Waals surface area contributed by atoms with Crippen molar-refractivity contribution in [3.8, 4) is 0 Å². The van der Waals surface area contributed by atoms with Gasteiger partial charge in [0, 0.05) is 12.8 Å². The largest absolute Gasteiger partial charge is 0.481 e. The van der Waals surface area contributed by atoms with Crippen LogP contribution in [-0.4, -0.2) is 33.4 Å². The average molecular weight is 288 g/mol. The van der Waals surface area contributed by atoms with E-state index in [1.807, 2.05) is 0 Å². The Hall–Kier alpha value is -0.940. The molecule has 20 heavy (non-hydrogen) atoms. The number of aliphatic carboxylic acids is 1. The summed E-state index contributed by atoms with van der Waals surface area (Å²) in [5.41, 5.74) is 0. The van der Waals surface area contributed by atoms with Gasteiger partial charge < -0.3 is 15.3 Å². The summed E-state index contributed by atoms with van der Waals surface area (Å²) in [5, 5.41) is 25.6. The van der Waals surface area contributed by atoms with Crippen molar-refractivity contribution in [2.75, 3.05) is 0 Å². The third kappa shape index (κ3) is 13.5. The summed E-state index contributed by atoms with van der Waals surface area (Å²) in [6.07, 6.45) is 9.03. The molecule has 0 rings (SSSR count). The van der Waals surface area contributed by atoms with Crippen molar-refractivity contribution >= 4 is 11.8 Å². The molecular weight excluding hydrogens is 260 g/mol. The van der Waals surface area contributed by atoms with Crippen LogP contribution in [0.15, 0.2) is 0 Å². The fraction of sp³-hybridized carbons (Fsp3) is 0.867. The van der Waals surface area contributed by atoms with E-state index < -0.39 is 18.0 Å². The highest BCUT2D eigenvalue weighted by molar-refractivity contribution is 5.81. The average Bonchev–Trinajstić information content (AvgIpc) is 2.39. The van der Waals surface area contributed by atoms with Gasteiger partial charge in [-0.1, -0.05) is 51.4 Å². The van der Waals surface area contributed by atoms with E-state index in [0.29, 0.717) is 0 Å². The Morgan fingerprint density at radius 3 is 1.35 bits per heavy atom. The molecule has 0 amide bonds. The van der Waals surface area contributed by atoms with Gasteiger partial charge in [-0.2, -0.15) is 0 Å². The maximum Gasteiger partial charge on any atom is 0.303 e. The lowest BCUT2D eigenvalue weighted by Crippen LogP contribution is -2.18. The maximum atomic E-state index is 10.9. The van der Waals surface area contributed by atoms with E-state index in [4.69, 9.17) is 15.3 Å². The molecule has 0 saturated carbocycles. The lowest BCUT2D eigenvalue weighted by atomic mass is 10.0. The molecule has 0 aromatic carbocycles. The molecule has 5 nitrogen and oxygen atoms in total. The lowest BCUT2D eigenvalue weighted by Gasteiger charge is -2.03. The van der Waals surface area contributed by atoms with Crippen molar-refractivity contribution in [2.24, 2.45) is 0 Å². The van der Waals surface area contributed by atoms with Crippen LogP contribution in [0.4, 0.5) is 0 Å². The van der Waals surface area contributed by atoms with Crippen LogP contribution < -0.4 is 0 Å². The van der Waals surface area contributed by atoms with Crippen molar-refractivity contribution in [3.63, 3.8) is 0 Å². The number of aliphatic hydroxyl groups is 2. The van der Waals surface area contributed by atoms with E-state index in [0.717, 1.165) is 51.4 Å². The van der Waals surface area contributed by atoms with Gasteiger partial charge in [-0.05, 0) is 12.8 Å². The van der Waals surface area contributed by atoms with Gasteiger partial charge in [-0.15, -0.1) is 0 Å². The van der Waals surface area contributed by atoms with Crippen LogP contribution in [0.25, 0.3) is 0 Å². The number of Topliss-reactive ketones (excluding diaryl/α,β-unsaturated/α-hetero) is 1. The Labute approximate surface area is 121 Å². The van der Waals surface area contributed by atoms with Crippen LogP contribution in [0, 0.1) is 0 Å². The summed E-state index contributed by atoms with van der Waals surface area (Å²) in [6.45, 7) is 0. The number of carbonyl (C=O) groups is 2. The van der Waals surface area contributed by atoms with Gasteiger partial charge in [0.25, 0.3) is 0 Å². The molecule has 0 bridgehead atoms. The number of aliphatic hydroxyl groups excluding tert-OH is 1. The molecule has 0 spiro atoms. The van der Waals surface area contributed by atoms with Gasteiger partial charge in [-0.25, -0.2) is 0 Å². The van der Waals surface area contributed by atoms with Crippen molar-refractivity contribution in [1.82, 2.24) is 0 Å². The minimum atomic E-state index is -1.81. The van der Waals surface area contributed by atoms with E-state index in [-0.39, 0.29) is 12.8 Å². The molecular formula is C15H28O5. The Morgan fingerprint density at radius 1 is 0.650 bits per heavy atom. The summed E-state index contributed by atoms with van der Waals surface area (Å²) in [7, 11) is 0. The Morgan fingerprint density at radius 2 is 1.00 bits per heavy atom. The second kappa shape index (κ2) is 13.1. The highest BCUT2D eigenvalue weighted by Crippen LogP contribution is 2.12. The van der Waals surface area contributed by atoms with Gasteiger partial charge in [-0.3, -0.25) is 9.59 Å². The van der Waals surface area contributed by atoms with Crippen LogP contribution in [-0.2, 0) is 9.59 Å². The van der Waals surface area contributed by atoms with Crippen molar-refractivity contribution in [3.05, 3.63) is 0 Å². The molecule has 118 valence electrons. The Bertz CT molecular complexity index is 263. The molecule has 0 fully saturated rings. The number of carboxylic acids is 1. The third-order valence-electron chi connectivity index (χ3n) is 3.35. The van der Waals surface area contributed by atoms with Gasteiger partial charge in [0.1, 0.15) is 0 Å². The van der Waals surface area contributed by atoms with E-state index in [9.17, 15) is 9.59 Å². The molecule has 0 unspecified atom stereocenters. The molecule has 0 atom stereocenters. The normalized spacial score (nSPS) is 10.9. The zero-order valence-electron chi connectivity index (χ0n) is 12.2. The standard InChI is InChI=1S/C15H28O5/c16-13(15(19)20)11-9-7-5-3-1-2-4-6-8-10-12-14(17)18/h15,19-20H,1-12H2,(H,17,18). The second-order valence-electron chi connectivity index (χ2n) is 5.27. The first kappa shape index (κ1) is 19.1. The summed E-state index contributed by atoms with van der Waals surface area (Å²) in [5.74, 6) is -1.21. The molecule has 5 heteroatoms. The molecule has 0 aliphatic rings. The van der Waals surface area contributed by atoms with Crippen LogP contribution in [0.1, 0.15) is 77.0 Å². The predicted octanol–water partition coefficient (Wildman–Crippen LogP) is 2.63. The number of unbranched alkanes of at least 4 members (excludes halogenated alkanes) is 9. The van der Waals surface area contributed by atoms with E-state index in [1.54, 1.807) is 0 Å². The number of hydrogen-bond acceptors (Lipinski definition) is 4. The Balaban J connectivity index is 3.10. The third-order valence-corrected chi connectivity index (χ3v) is 3.35. The maximum absolute atomic E-state index is 10.9. The molecule has 0 radical (unpaired) electrons. The monoisotopic (exact) mass is 288 g/mol. The van der Waals surface area contributed by atoms with Crippen molar-refractivity contribution in [1.29, 1.82) is 0 Å². The fourth-order valence-electron chi connectivity index (χ4n) is 2.12. The first-order valence-corrected chi connectivity index (χ1v) is 7.64. The summed E-state index contributed by atoms with van der Waals surface area (Å²) < 4.78 is 0. The van der Waals surface area contributed by atoms with E-state index >= 15 is 0 Å².